The summed E-state index contributed by atoms with van der Waals surface area (Å²) < 4.78 is 0. The molecular formula is C19H27N5. The highest BCUT2D eigenvalue weighted by molar-refractivity contribution is 5.88. The van der Waals surface area contributed by atoms with Crippen LogP contribution in [-0.4, -0.2) is 32.7 Å². The van der Waals surface area contributed by atoms with Crippen LogP contribution >= 0.6 is 0 Å². The molecule has 0 radical (unpaired) electrons. The minimum absolute atomic E-state index is 0.107. The molecule has 1 N–H and O–H groups in total. The third-order valence-corrected chi connectivity index (χ3v) is 4.98. The fourth-order valence-electron chi connectivity index (χ4n) is 3.28. The molecule has 1 unspecified atom stereocenters. The van der Waals surface area contributed by atoms with E-state index in [9.17, 15) is 5.26 Å². The normalized spacial score (nSPS) is 14.4. The third-order valence-electron chi connectivity index (χ3n) is 4.98. The summed E-state index contributed by atoms with van der Waals surface area (Å²) in [5.41, 5.74) is 2.89. The van der Waals surface area contributed by atoms with Gasteiger partial charge in [0.1, 0.15) is 0 Å². The number of hydrogen-bond acceptors (Lipinski definition) is 4. The van der Waals surface area contributed by atoms with E-state index in [0.29, 0.717) is 6.42 Å². The molecule has 2 aromatic rings. The second-order valence-electron chi connectivity index (χ2n) is 6.44. The van der Waals surface area contributed by atoms with Crippen molar-refractivity contribution < 1.29 is 0 Å². The molecule has 0 saturated heterocycles. The average Bonchev–Trinajstić information content (AvgIpc) is 3.07. The molecule has 0 aliphatic carbocycles. The summed E-state index contributed by atoms with van der Waals surface area (Å²) in [4.78, 5) is 5.34. The molecule has 24 heavy (non-hydrogen) atoms. The number of nitrogens with zero attached hydrogens (tertiary/aromatic N) is 4. The lowest BCUT2D eigenvalue weighted by atomic mass is 9.85. The van der Waals surface area contributed by atoms with Gasteiger partial charge in [-0.05, 0) is 31.4 Å². The quantitative estimate of drug-likeness (QED) is 0.775. The number of allylic oxidation sites excluding steroid dienone is 1. The molecule has 0 bridgehead atoms. The van der Waals surface area contributed by atoms with Crippen LogP contribution in [0.4, 0.5) is 0 Å². The molecule has 5 nitrogen and oxygen atoms in total. The average molecular weight is 325 g/mol. The first-order valence-electron chi connectivity index (χ1n) is 8.65. The predicted octanol–water partition coefficient (Wildman–Crippen LogP) is 4.50. The highest BCUT2D eigenvalue weighted by atomic mass is 15.2. The summed E-state index contributed by atoms with van der Waals surface area (Å²) in [6.45, 7) is 6.46. The molecule has 0 aliphatic heterocycles. The fourth-order valence-corrected chi connectivity index (χ4v) is 3.28. The summed E-state index contributed by atoms with van der Waals surface area (Å²) in [7, 11) is 2.09. The number of rotatable bonds is 8. The molecule has 2 heterocycles. The van der Waals surface area contributed by atoms with Crippen molar-refractivity contribution >= 4 is 16.6 Å². The van der Waals surface area contributed by atoms with Crippen LogP contribution in [0.15, 0.2) is 24.7 Å². The zero-order valence-electron chi connectivity index (χ0n) is 15.1. The first kappa shape index (κ1) is 18.0. The molecule has 0 aromatic carbocycles. The first-order valence-corrected chi connectivity index (χ1v) is 8.65. The number of fused-ring (bicyclic) bond motifs is 1. The van der Waals surface area contributed by atoms with Crippen molar-refractivity contribution in [1.29, 1.82) is 5.26 Å². The molecule has 0 fully saturated rings. The summed E-state index contributed by atoms with van der Waals surface area (Å²) >= 11 is 0. The Morgan fingerprint density at radius 2 is 2.25 bits per heavy atom. The van der Waals surface area contributed by atoms with E-state index in [1.165, 1.54) is 0 Å². The number of aromatic nitrogens is 3. The van der Waals surface area contributed by atoms with Gasteiger partial charge in [-0.15, -0.1) is 5.10 Å². The lowest BCUT2D eigenvalue weighted by Crippen LogP contribution is -2.43. The smallest absolute Gasteiger partial charge is 0.160 e. The van der Waals surface area contributed by atoms with Gasteiger partial charge in [-0.3, -0.25) is 0 Å². The van der Waals surface area contributed by atoms with Crippen molar-refractivity contribution in [1.82, 2.24) is 20.1 Å². The molecule has 128 valence electrons. The number of hydrogen-bond donors (Lipinski definition) is 1. The van der Waals surface area contributed by atoms with Crippen LogP contribution < -0.4 is 0 Å². The van der Waals surface area contributed by atoms with Crippen molar-refractivity contribution in [2.24, 2.45) is 0 Å². The Morgan fingerprint density at radius 3 is 2.92 bits per heavy atom. The van der Waals surface area contributed by atoms with Crippen LogP contribution in [0.5, 0.6) is 0 Å². The molecule has 5 heteroatoms. The topological polar surface area (TPSA) is 68.6 Å². The standard InChI is InChI=1S/C19H27N5/c1-5-7-9-19(6-2,10-11-20)24(4)14-15(3)17-13-22-23-18-16(17)8-12-21-18/h8,12-14H,5-7,9-10H2,1-4H3,(H,21,23). The van der Waals surface area contributed by atoms with Gasteiger partial charge in [-0.1, -0.05) is 26.7 Å². The van der Waals surface area contributed by atoms with E-state index in [2.05, 4.69) is 60.2 Å². The number of H-pyrrole nitrogens is 1. The van der Waals surface area contributed by atoms with Gasteiger partial charge in [-0.25, -0.2) is 0 Å². The van der Waals surface area contributed by atoms with Crippen LogP contribution in [0.3, 0.4) is 0 Å². The maximum absolute atomic E-state index is 9.33. The number of nitrogens with one attached hydrogen (secondary N) is 1. The van der Waals surface area contributed by atoms with E-state index in [0.717, 1.165) is 47.9 Å². The Labute approximate surface area is 144 Å². The maximum atomic E-state index is 9.33. The van der Waals surface area contributed by atoms with Crippen molar-refractivity contribution in [2.75, 3.05) is 7.05 Å². The van der Waals surface area contributed by atoms with Crippen molar-refractivity contribution in [3.05, 3.63) is 30.2 Å². The Hall–Kier alpha value is -2.35. The van der Waals surface area contributed by atoms with Gasteiger partial charge in [0.25, 0.3) is 0 Å². The predicted molar refractivity (Wildman–Crippen MR) is 98.1 cm³/mol. The van der Waals surface area contributed by atoms with E-state index in [4.69, 9.17) is 0 Å². The minimum atomic E-state index is -0.107. The molecule has 2 aromatic heterocycles. The second kappa shape index (κ2) is 7.96. The summed E-state index contributed by atoms with van der Waals surface area (Å²) in [5, 5.41) is 18.6. The van der Waals surface area contributed by atoms with Crippen LogP contribution in [0.25, 0.3) is 16.6 Å². The fraction of sp³-hybridized carbons (Fsp3) is 0.526. The summed E-state index contributed by atoms with van der Waals surface area (Å²) in [6.07, 6.45) is 10.6. The van der Waals surface area contributed by atoms with E-state index in [1.54, 1.807) is 6.20 Å². The van der Waals surface area contributed by atoms with Gasteiger partial charge in [0.15, 0.2) is 5.65 Å². The van der Waals surface area contributed by atoms with Gasteiger partial charge >= 0.3 is 0 Å². The summed E-state index contributed by atoms with van der Waals surface area (Å²) in [5.74, 6) is 0. The number of nitriles is 1. The van der Waals surface area contributed by atoms with Gasteiger partial charge in [0.2, 0.25) is 0 Å². The van der Waals surface area contributed by atoms with E-state index in [-0.39, 0.29) is 5.54 Å². The van der Waals surface area contributed by atoms with Gasteiger partial charge in [0.05, 0.1) is 24.2 Å². The van der Waals surface area contributed by atoms with Gasteiger partial charge in [0, 0.05) is 30.4 Å². The zero-order chi connectivity index (χ0) is 17.6. The lowest BCUT2D eigenvalue weighted by molar-refractivity contribution is 0.157. The van der Waals surface area contributed by atoms with E-state index < -0.39 is 0 Å². The van der Waals surface area contributed by atoms with Gasteiger partial charge in [-0.2, -0.15) is 10.4 Å². The Kier molecular flexibility index (Phi) is 5.97. The lowest BCUT2D eigenvalue weighted by Gasteiger charge is -2.40. The number of aromatic amines is 1. The second-order valence-corrected chi connectivity index (χ2v) is 6.44. The van der Waals surface area contributed by atoms with E-state index in [1.807, 2.05) is 12.3 Å². The van der Waals surface area contributed by atoms with Crippen LogP contribution in [0, 0.1) is 11.3 Å². The van der Waals surface area contributed by atoms with Crippen LogP contribution in [0.1, 0.15) is 58.4 Å². The Bertz CT molecular complexity index is 740. The van der Waals surface area contributed by atoms with Crippen LogP contribution in [-0.2, 0) is 0 Å². The van der Waals surface area contributed by atoms with Crippen molar-refractivity contribution in [2.45, 2.75) is 58.4 Å². The monoisotopic (exact) mass is 325 g/mol. The molecule has 0 aliphatic rings. The Morgan fingerprint density at radius 1 is 1.46 bits per heavy atom. The maximum Gasteiger partial charge on any atom is 0.160 e. The third kappa shape index (κ3) is 3.59. The first-order chi connectivity index (χ1) is 11.6. The molecule has 1 atom stereocenters. The molecule has 0 saturated carbocycles. The molecule has 0 amide bonds. The Balaban J connectivity index is 2.35. The van der Waals surface area contributed by atoms with Crippen molar-refractivity contribution in [3.63, 3.8) is 0 Å². The minimum Gasteiger partial charge on any atom is -0.373 e. The SMILES string of the molecule is CCCCC(CC)(CC#N)N(C)C=C(C)c1cnnc2[nH]ccc12. The molecular weight excluding hydrogens is 298 g/mol. The van der Waals surface area contributed by atoms with E-state index >= 15 is 0 Å². The zero-order valence-corrected chi connectivity index (χ0v) is 15.1. The summed E-state index contributed by atoms with van der Waals surface area (Å²) in [6, 6.07) is 4.41. The highest BCUT2D eigenvalue weighted by Gasteiger charge is 2.30. The largest absolute Gasteiger partial charge is 0.373 e. The van der Waals surface area contributed by atoms with Gasteiger partial charge < -0.3 is 9.88 Å². The number of unbranched alkanes of at least 4 members (excludes halogenated alkanes) is 1. The van der Waals surface area contributed by atoms with Crippen LogP contribution in [0.2, 0.25) is 0 Å². The van der Waals surface area contributed by atoms with Crippen molar-refractivity contribution in [3.8, 4) is 6.07 Å². The molecule has 2 rings (SSSR count). The highest BCUT2D eigenvalue weighted by Crippen LogP contribution is 2.31. The molecule has 0 spiro atoms.